The number of halogens is 4. The van der Waals surface area contributed by atoms with Crippen molar-refractivity contribution in [1.29, 1.82) is 0 Å². The predicted octanol–water partition coefficient (Wildman–Crippen LogP) is 3.75. The number of phenols is 1. The van der Waals surface area contributed by atoms with E-state index in [0.717, 1.165) is 28.2 Å². The number of fused-ring (bicyclic) bond motifs is 3. The van der Waals surface area contributed by atoms with Crippen molar-refractivity contribution in [3.63, 3.8) is 0 Å². The summed E-state index contributed by atoms with van der Waals surface area (Å²) in [6.07, 6.45) is -1.12. The van der Waals surface area contributed by atoms with Crippen molar-refractivity contribution in [3.05, 3.63) is 98.6 Å². The molecule has 3 atom stereocenters. The first-order valence-electron chi connectivity index (χ1n) is 20.1. The number of hydrogen-bond donors (Lipinski definition) is 2. The molecule has 17 heteroatoms. The van der Waals surface area contributed by atoms with Gasteiger partial charge in [0.15, 0.2) is 0 Å². The molecule has 0 radical (unpaired) electrons. The molecule has 6 aliphatic rings. The van der Waals surface area contributed by atoms with Gasteiger partial charge in [-0.05, 0) is 91.3 Å². The molecule has 3 saturated heterocycles. The third-order valence-electron chi connectivity index (χ3n) is 13.2. The van der Waals surface area contributed by atoms with Crippen LogP contribution in [0.1, 0.15) is 97.5 Å². The van der Waals surface area contributed by atoms with Gasteiger partial charge in [0.25, 0.3) is 24.1 Å². The lowest BCUT2D eigenvalue weighted by Crippen LogP contribution is -2.62. The van der Waals surface area contributed by atoms with Crippen molar-refractivity contribution in [3.8, 4) is 5.75 Å². The molecule has 0 saturated carbocycles. The van der Waals surface area contributed by atoms with Crippen LogP contribution in [0.3, 0.4) is 0 Å². The maximum atomic E-state index is 16.0. The number of carbonyl (C=O) groups is 6. The van der Waals surface area contributed by atoms with E-state index in [0.29, 0.717) is 69.7 Å². The number of amides is 6. The highest BCUT2D eigenvalue weighted by molar-refractivity contribution is 6.23. The largest absolute Gasteiger partial charge is 0.508 e. The molecule has 60 heavy (non-hydrogen) atoms. The van der Waals surface area contributed by atoms with Gasteiger partial charge in [-0.1, -0.05) is 6.07 Å². The summed E-state index contributed by atoms with van der Waals surface area (Å²) in [5.41, 5.74) is 2.13. The molecule has 9 rings (SSSR count). The molecule has 1 unspecified atom stereocenters. The molecular formula is C43H42F4N6O7. The van der Waals surface area contributed by atoms with Gasteiger partial charge in [0.1, 0.15) is 23.4 Å². The average Bonchev–Trinajstić information content (AvgIpc) is 3.68. The maximum absolute atomic E-state index is 16.0. The fraction of sp³-hybridized carbons (Fsp3) is 0.442. The van der Waals surface area contributed by atoms with Gasteiger partial charge in [0.05, 0.1) is 30.3 Å². The molecule has 3 aromatic rings. The Morgan fingerprint density at radius 2 is 1.52 bits per heavy atom. The quantitative estimate of drug-likeness (QED) is 0.268. The van der Waals surface area contributed by atoms with E-state index >= 15 is 8.78 Å². The summed E-state index contributed by atoms with van der Waals surface area (Å²) in [5, 5.41) is 12.2. The summed E-state index contributed by atoms with van der Waals surface area (Å²) < 4.78 is 59.4. The van der Waals surface area contributed by atoms with Gasteiger partial charge < -0.3 is 14.9 Å². The van der Waals surface area contributed by atoms with Crippen molar-refractivity contribution in [2.45, 2.75) is 76.7 Å². The Bertz CT molecular complexity index is 2310. The minimum atomic E-state index is -2.76. The van der Waals surface area contributed by atoms with Gasteiger partial charge in [-0.2, -0.15) is 0 Å². The van der Waals surface area contributed by atoms with Crippen molar-refractivity contribution in [2.24, 2.45) is 5.41 Å². The SMILES string of the molecule is C[C@@H]1Cc2cc(O)ccc2[C@@H](c2c(F)cc(C(=O)N3CC4(CCN(C(=O)CN5Cc6cc7c(cc6C5)C(=O)N(C5CCC(=O)NC5=O)C7=O)CC4)C3)cc2F)N1CC(F)F. The molecule has 2 N–H and O–H groups in total. The molecule has 0 bridgehead atoms. The monoisotopic (exact) mass is 830 g/mol. The van der Waals surface area contributed by atoms with Gasteiger partial charge in [-0.25, -0.2) is 17.6 Å². The Morgan fingerprint density at radius 1 is 0.883 bits per heavy atom. The van der Waals surface area contributed by atoms with E-state index in [-0.39, 0.29) is 53.1 Å². The lowest BCUT2D eigenvalue weighted by molar-refractivity contribution is -0.137. The lowest BCUT2D eigenvalue weighted by Gasteiger charge is -2.54. The second kappa shape index (κ2) is 14.8. The number of phenolic OH excluding ortho intramolecular Hbond substituents is 1. The van der Waals surface area contributed by atoms with E-state index < -0.39 is 77.8 Å². The number of nitrogens with zero attached hydrogens (tertiary/aromatic N) is 5. The zero-order valence-electron chi connectivity index (χ0n) is 32.7. The summed E-state index contributed by atoms with van der Waals surface area (Å²) in [7, 11) is 0. The first kappa shape index (κ1) is 39.8. The number of piperidine rings is 2. The van der Waals surface area contributed by atoms with Crippen molar-refractivity contribution in [1.82, 2.24) is 29.8 Å². The second-order valence-electron chi connectivity index (χ2n) is 17.1. The standard InChI is InChI=1S/C43H42F4N6O7/c1-22-10-23-11-27(54)2-3-28(23)38(52(22)18-34(46)47)37-31(44)14-24(15-32(37)45)40(58)51-20-43(21-51)6-8-50(9-7-43)36(56)19-49-16-25-12-29-30(13-26(25)17-49)42(60)53(41(29)59)33-4-5-35(55)48-39(33)57/h2-3,11-15,22,33-34,38,54H,4-10,16-21H2,1H3,(H,48,55,57)/t22-,33?,38+/m1/s1. The molecule has 13 nitrogen and oxygen atoms in total. The molecule has 6 amide bonds. The zero-order valence-corrected chi connectivity index (χ0v) is 32.7. The van der Waals surface area contributed by atoms with Crippen LogP contribution >= 0.6 is 0 Å². The summed E-state index contributed by atoms with van der Waals surface area (Å²) in [5.74, 6) is -5.03. The van der Waals surface area contributed by atoms with Gasteiger partial charge in [0, 0.05) is 68.3 Å². The number of nitrogens with one attached hydrogen (secondary N) is 1. The summed E-state index contributed by atoms with van der Waals surface area (Å²) in [6.45, 7) is 3.47. The molecule has 1 spiro atoms. The summed E-state index contributed by atoms with van der Waals surface area (Å²) in [6, 6.07) is 6.78. The van der Waals surface area contributed by atoms with Gasteiger partial charge >= 0.3 is 0 Å². The fourth-order valence-corrected chi connectivity index (χ4v) is 10.1. The Morgan fingerprint density at radius 3 is 2.12 bits per heavy atom. The molecule has 6 aliphatic heterocycles. The van der Waals surface area contributed by atoms with E-state index in [1.807, 2.05) is 4.90 Å². The van der Waals surface area contributed by atoms with Crippen LogP contribution in [0.5, 0.6) is 5.75 Å². The highest BCUT2D eigenvalue weighted by atomic mass is 19.3. The van der Waals surface area contributed by atoms with Crippen LogP contribution in [0.25, 0.3) is 0 Å². The molecule has 3 aromatic carbocycles. The Hall–Kier alpha value is -5.68. The normalized spacial score (nSPS) is 23.8. The maximum Gasteiger partial charge on any atom is 0.262 e. The van der Waals surface area contributed by atoms with E-state index in [4.69, 9.17) is 0 Å². The van der Waals surface area contributed by atoms with Crippen LogP contribution in [0, 0.1) is 17.0 Å². The third-order valence-corrected chi connectivity index (χ3v) is 13.2. The molecular weight excluding hydrogens is 789 g/mol. The Kier molecular flexibility index (Phi) is 9.81. The number of likely N-dealkylation sites (tertiary alicyclic amines) is 2. The Labute approximate surface area is 341 Å². The summed E-state index contributed by atoms with van der Waals surface area (Å²) >= 11 is 0. The second-order valence-corrected chi connectivity index (χ2v) is 17.1. The van der Waals surface area contributed by atoms with Crippen molar-refractivity contribution < 1.29 is 51.4 Å². The van der Waals surface area contributed by atoms with E-state index in [1.54, 1.807) is 24.0 Å². The predicted molar refractivity (Wildman–Crippen MR) is 204 cm³/mol. The van der Waals surface area contributed by atoms with Gasteiger partial charge in [0.2, 0.25) is 17.7 Å². The topological polar surface area (TPSA) is 151 Å². The minimum Gasteiger partial charge on any atom is -0.508 e. The lowest BCUT2D eigenvalue weighted by atomic mass is 9.71. The number of aromatic hydroxyl groups is 1. The van der Waals surface area contributed by atoms with E-state index in [1.165, 1.54) is 28.0 Å². The fourth-order valence-electron chi connectivity index (χ4n) is 10.1. The van der Waals surface area contributed by atoms with Gasteiger partial charge in [-0.15, -0.1) is 0 Å². The van der Waals surface area contributed by atoms with Crippen molar-refractivity contribution in [2.75, 3.05) is 39.3 Å². The van der Waals surface area contributed by atoms with Crippen LogP contribution in [0.4, 0.5) is 17.6 Å². The van der Waals surface area contributed by atoms with Gasteiger partial charge in [-0.3, -0.25) is 48.8 Å². The number of imide groups is 2. The number of hydrogen-bond acceptors (Lipinski definition) is 9. The number of rotatable bonds is 7. The van der Waals surface area contributed by atoms with Crippen LogP contribution in [-0.2, 0) is 33.9 Å². The number of benzene rings is 3. The first-order chi connectivity index (χ1) is 28.6. The highest BCUT2D eigenvalue weighted by Gasteiger charge is 2.49. The molecule has 0 aromatic heterocycles. The highest BCUT2D eigenvalue weighted by Crippen LogP contribution is 2.44. The summed E-state index contributed by atoms with van der Waals surface area (Å²) in [4.78, 5) is 85.1. The van der Waals surface area contributed by atoms with Crippen LogP contribution in [0.2, 0.25) is 0 Å². The van der Waals surface area contributed by atoms with E-state index in [2.05, 4.69) is 5.32 Å². The average molecular weight is 831 g/mol. The zero-order chi connectivity index (χ0) is 42.4. The van der Waals surface area contributed by atoms with Crippen LogP contribution in [-0.4, -0.2) is 123 Å². The van der Waals surface area contributed by atoms with Crippen LogP contribution in [0.15, 0.2) is 42.5 Å². The molecule has 0 aliphatic carbocycles. The Balaban J connectivity index is 0.799. The van der Waals surface area contributed by atoms with Crippen LogP contribution < -0.4 is 5.32 Å². The molecule has 6 heterocycles. The first-order valence-corrected chi connectivity index (χ1v) is 20.1. The smallest absolute Gasteiger partial charge is 0.262 e. The third kappa shape index (κ3) is 6.80. The molecule has 3 fully saturated rings. The van der Waals surface area contributed by atoms with E-state index in [9.17, 15) is 42.7 Å². The number of carbonyl (C=O) groups excluding carboxylic acids is 6. The minimum absolute atomic E-state index is 0.0290. The molecule has 314 valence electrons. The number of alkyl halides is 2. The van der Waals surface area contributed by atoms with Crippen molar-refractivity contribution >= 4 is 35.4 Å².